The van der Waals surface area contributed by atoms with Crippen molar-refractivity contribution in [3.63, 3.8) is 0 Å². The SMILES string of the molecule is CC(C)c1ccc(OCC(=O)N2CCNC[C@@H]2C)cc1. The van der Waals surface area contributed by atoms with E-state index >= 15 is 0 Å². The number of amides is 1. The molecular weight excluding hydrogens is 252 g/mol. The molecule has 0 saturated carbocycles. The van der Waals surface area contributed by atoms with Crippen molar-refractivity contribution < 1.29 is 9.53 Å². The highest BCUT2D eigenvalue weighted by atomic mass is 16.5. The van der Waals surface area contributed by atoms with Crippen molar-refractivity contribution in [2.75, 3.05) is 26.2 Å². The zero-order chi connectivity index (χ0) is 14.5. The highest BCUT2D eigenvalue weighted by molar-refractivity contribution is 5.78. The lowest BCUT2D eigenvalue weighted by atomic mass is 10.0. The zero-order valence-electron chi connectivity index (χ0n) is 12.6. The first-order valence-corrected chi connectivity index (χ1v) is 7.31. The fraction of sp³-hybridized carbons (Fsp3) is 0.562. The van der Waals surface area contributed by atoms with Crippen molar-refractivity contribution in [3.05, 3.63) is 29.8 Å². The van der Waals surface area contributed by atoms with Gasteiger partial charge in [-0.2, -0.15) is 0 Å². The molecule has 4 nitrogen and oxygen atoms in total. The van der Waals surface area contributed by atoms with Crippen LogP contribution in [-0.4, -0.2) is 43.1 Å². The van der Waals surface area contributed by atoms with Crippen molar-refractivity contribution >= 4 is 5.91 Å². The molecular formula is C16H24N2O2. The number of piperazine rings is 1. The van der Waals surface area contributed by atoms with Crippen LogP contribution < -0.4 is 10.1 Å². The fourth-order valence-corrected chi connectivity index (χ4v) is 2.39. The molecule has 1 saturated heterocycles. The largest absolute Gasteiger partial charge is 0.484 e. The number of hydrogen-bond donors (Lipinski definition) is 1. The molecule has 1 aliphatic heterocycles. The van der Waals surface area contributed by atoms with E-state index in [9.17, 15) is 4.79 Å². The Hall–Kier alpha value is -1.55. The molecule has 1 aliphatic rings. The lowest BCUT2D eigenvalue weighted by Crippen LogP contribution is -2.53. The van der Waals surface area contributed by atoms with E-state index in [1.54, 1.807) is 0 Å². The summed E-state index contributed by atoms with van der Waals surface area (Å²) in [5.41, 5.74) is 1.28. The van der Waals surface area contributed by atoms with E-state index in [1.807, 2.05) is 17.0 Å². The maximum absolute atomic E-state index is 12.1. The lowest BCUT2D eigenvalue weighted by molar-refractivity contribution is -0.136. The summed E-state index contributed by atoms with van der Waals surface area (Å²) in [4.78, 5) is 14.0. The minimum Gasteiger partial charge on any atom is -0.484 e. The number of carbonyl (C=O) groups excluding carboxylic acids is 1. The second-order valence-corrected chi connectivity index (χ2v) is 5.65. The quantitative estimate of drug-likeness (QED) is 0.914. The smallest absolute Gasteiger partial charge is 0.260 e. The van der Waals surface area contributed by atoms with Crippen molar-refractivity contribution in [3.8, 4) is 5.75 Å². The van der Waals surface area contributed by atoms with Gasteiger partial charge in [-0.1, -0.05) is 26.0 Å². The highest BCUT2D eigenvalue weighted by Gasteiger charge is 2.22. The number of rotatable bonds is 4. The molecule has 1 aromatic carbocycles. The van der Waals surface area contributed by atoms with Gasteiger partial charge in [0, 0.05) is 25.7 Å². The Bertz CT molecular complexity index is 442. The Kier molecular flexibility index (Phi) is 5.01. The molecule has 1 atom stereocenters. The molecule has 0 bridgehead atoms. The van der Waals surface area contributed by atoms with Gasteiger partial charge in [-0.25, -0.2) is 0 Å². The number of nitrogens with zero attached hydrogens (tertiary/aromatic N) is 1. The van der Waals surface area contributed by atoms with Gasteiger partial charge in [0.2, 0.25) is 0 Å². The van der Waals surface area contributed by atoms with Crippen molar-refractivity contribution in [1.82, 2.24) is 10.2 Å². The van der Waals surface area contributed by atoms with Crippen LogP contribution in [0.1, 0.15) is 32.3 Å². The summed E-state index contributed by atoms with van der Waals surface area (Å²) >= 11 is 0. The van der Waals surface area contributed by atoms with Crippen LogP contribution in [0, 0.1) is 0 Å². The Balaban J connectivity index is 1.86. The van der Waals surface area contributed by atoms with Gasteiger partial charge in [0.1, 0.15) is 5.75 Å². The molecule has 2 rings (SSSR count). The summed E-state index contributed by atoms with van der Waals surface area (Å²) in [7, 11) is 0. The Morgan fingerprint density at radius 2 is 2.10 bits per heavy atom. The van der Waals surface area contributed by atoms with E-state index in [1.165, 1.54) is 5.56 Å². The first-order valence-electron chi connectivity index (χ1n) is 7.31. The third kappa shape index (κ3) is 3.73. The summed E-state index contributed by atoms with van der Waals surface area (Å²) in [5.74, 6) is 1.32. The molecule has 1 fully saturated rings. The molecule has 1 heterocycles. The molecule has 1 aromatic rings. The fourth-order valence-electron chi connectivity index (χ4n) is 2.39. The molecule has 1 amide bonds. The summed E-state index contributed by atoms with van der Waals surface area (Å²) < 4.78 is 5.59. The van der Waals surface area contributed by atoms with Crippen LogP contribution in [0.2, 0.25) is 0 Å². The average Bonchev–Trinajstić information content (AvgIpc) is 2.45. The Morgan fingerprint density at radius 3 is 2.70 bits per heavy atom. The van der Waals surface area contributed by atoms with E-state index in [2.05, 4.69) is 38.2 Å². The molecule has 4 heteroatoms. The van der Waals surface area contributed by atoms with Crippen molar-refractivity contribution in [2.24, 2.45) is 0 Å². The molecule has 0 aliphatic carbocycles. The van der Waals surface area contributed by atoms with E-state index in [4.69, 9.17) is 4.74 Å². The van der Waals surface area contributed by atoms with Crippen LogP contribution in [0.4, 0.5) is 0 Å². The average molecular weight is 276 g/mol. The van der Waals surface area contributed by atoms with Crippen LogP contribution >= 0.6 is 0 Å². The molecule has 0 unspecified atom stereocenters. The van der Waals surface area contributed by atoms with Gasteiger partial charge < -0.3 is 15.0 Å². The minimum atomic E-state index is 0.0620. The third-order valence-corrected chi connectivity index (χ3v) is 3.73. The van der Waals surface area contributed by atoms with E-state index < -0.39 is 0 Å². The second-order valence-electron chi connectivity index (χ2n) is 5.65. The predicted octanol–water partition coefficient (Wildman–Crippen LogP) is 2.01. The summed E-state index contributed by atoms with van der Waals surface area (Å²) in [6.45, 7) is 8.97. The molecule has 1 N–H and O–H groups in total. The highest BCUT2D eigenvalue weighted by Crippen LogP contribution is 2.18. The zero-order valence-corrected chi connectivity index (χ0v) is 12.6. The first kappa shape index (κ1) is 14.9. The molecule has 0 radical (unpaired) electrons. The van der Waals surface area contributed by atoms with E-state index in [-0.39, 0.29) is 18.6 Å². The van der Waals surface area contributed by atoms with Crippen molar-refractivity contribution in [2.45, 2.75) is 32.7 Å². The van der Waals surface area contributed by atoms with Crippen LogP contribution in [0.3, 0.4) is 0 Å². The predicted molar refractivity (Wildman–Crippen MR) is 80.1 cm³/mol. The molecule has 0 aromatic heterocycles. The van der Waals surface area contributed by atoms with Gasteiger partial charge in [0.05, 0.1) is 0 Å². The maximum Gasteiger partial charge on any atom is 0.260 e. The third-order valence-electron chi connectivity index (χ3n) is 3.73. The Morgan fingerprint density at radius 1 is 1.40 bits per heavy atom. The van der Waals surface area contributed by atoms with Gasteiger partial charge in [-0.15, -0.1) is 0 Å². The minimum absolute atomic E-state index is 0.0620. The van der Waals surface area contributed by atoms with Crippen LogP contribution in [0.15, 0.2) is 24.3 Å². The number of hydrogen-bond acceptors (Lipinski definition) is 3. The summed E-state index contributed by atoms with van der Waals surface area (Å²) in [6.07, 6.45) is 0. The topological polar surface area (TPSA) is 41.6 Å². The van der Waals surface area contributed by atoms with Crippen LogP contribution in [0.25, 0.3) is 0 Å². The normalized spacial score (nSPS) is 19.2. The number of ether oxygens (including phenoxy) is 1. The van der Waals surface area contributed by atoms with Crippen LogP contribution in [-0.2, 0) is 4.79 Å². The lowest BCUT2D eigenvalue weighted by Gasteiger charge is -2.33. The second kappa shape index (κ2) is 6.75. The number of nitrogens with one attached hydrogen (secondary N) is 1. The summed E-state index contributed by atoms with van der Waals surface area (Å²) in [6, 6.07) is 8.21. The summed E-state index contributed by atoms with van der Waals surface area (Å²) in [5, 5.41) is 3.28. The van der Waals surface area contributed by atoms with Gasteiger partial charge in [-0.05, 0) is 30.5 Å². The van der Waals surface area contributed by atoms with Gasteiger partial charge in [-0.3, -0.25) is 4.79 Å². The first-order chi connectivity index (χ1) is 9.58. The molecule has 110 valence electrons. The van der Waals surface area contributed by atoms with E-state index in [0.29, 0.717) is 5.92 Å². The van der Waals surface area contributed by atoms with Crippen LogP contribution in [0.5, 0.6) is 5.75 Å². The Labute approximate surface area is 121 Å². The maximum atomic E-state index is 12.1. The van der Waals surface area contributed by atoms with Crippen molar-refractivity contribution in [1.29, 1.82) is 0 Å². The standard InChI is InChI=1S/C16H24N2O2/c1-12(2)14-4-6-15(7-5-14)20-11-16(19)18-9-8-17-10-13(18)3/h4-7,12-13,17H,8-11H2,1-3H3/t13-/m0/s1. The van der Waals surface area contributed by atoms with Gasteiger partial charge >= 0.3 is 0 Å². The van der Waals surface area contributed by atoms with Gasteiger partial charge in [0.25, 0.3) is 5.91 Å². The molecule has 0 spiro atoms. The van der Waals surface area contributed by atoms with E-state index in [0.717, 1.165) is 25.4 Å². The number of carbonyl (C=O) groups is 1. The number of benzene rings is 1. The molecule has 20 heavy (non-hydrogen) atoms. The van der Waals surface area contributed by atoms with Gasteiger partial charge in [0.15, 0.2) is 6.61 Å². The monoisotopic (exact) mass is 276 g/mol.